The maximum atomic E-state index is 13.6. The molecule has 0 aromatic carbocycles. The van der Waals surface area contributed by atoms with Crippen molar-refractivity contribution in [2.75, 3.05) is 0 Å². The van der Waals surface area contributed by atoms with Crippen LogP contribution in [0.25, 0.3) is 0 Å². The van der Waals surface area contributed by atoms with Gasteiger partial charge in [-0.3, -0.25) is 9.48 Å². The molecule has 0 radical (unpaired) electrons. The molecule has 0 bridgehead atoms. The van der Waals surface area contributed by atoms with E-state index in [1.165, 1.54) is 6.92 Å². The highest BCUT2D eigenvalue weighted by atomic mass is 19.4. The fourth-order valence-electron chi connectivity index (χ4n) is 3.33. The number of nitrogens with two attached hydrogens (primary N) is 1. The number of hydrogen-bond donors (Lipinski definition) is 1. The molecular weight excluding hydrogens is 337 g/mol. The lowest BCUT2D eigenvalue weighted by atomic mass is 9.77. The number of halogens is 3. The first-order valence-electron chi connectivity index (χ1n) is 7.76. The van der Waals surface area contributed by atoms with Crippen LogP contribution in [0.1, 0.15) is 43.4 Å². The number of alkyl halides is 3. The lowest BCUT2D eigenvalue weighted by Gasteiger charge is -2.31. The molecule has 0 unspecified atom stereocenters. The second-order valence-electron chi connectivity index (χ2n) is 5.80. The van der Waals surface area contributed by atoms with Gasteiger partial charge in [-0.1, -0.05) is 0 Å². The molecule has 1 aromatic rings. The van der Waals surface area contributed by atoms with Gasteiger partial charge in [-0.15, -0.1) is 0 Å². The van der Waals surface area contributed by atoms with E-state index in [1.807, 2.05) is 0 Å². The maximum Gasteiger partial charge on any atom is 0.433 e. The average Bonchev–Trinajstić information content (AvgIpc) is 2.97. The van der Waals surface area contributed by atoms with Gasteiger partial charge in [0.15, 0.2) is 5.78 Å². The quantitative estimate of drug-likeness (QED) is 0.883. The summed E-state index contributed by atoms with van der Waals surface area (Å²) in [5.74, 6) is -1.56. The summed E-state index contributed by atoms with van der Waals surface area (Å²) in [5.41, 5.74) is 4.40. The van der Waals surface area contributed by atoms with Crippen molar-refractivity contribution < 1.29 is 22.7 Å². The molecule has 1 aliphatic carbocycles. The van der Waals surface area contributed by atoms with Crippen molar-refractivity contribution in [1.82, 2.24) is 9.78 Å². The molecule has 0 fully saturated rings. The van der Waals surface area contributed by atoms with Gasteiger partial charge < -0.3 is 10.5 Å². The van der Waals surface area contributed by atoms with Crippen LogP contribution in [-0.2, 0) is 22.3 Å². The number of ether oxygens (including phenoxy) is 1. The Kier molecular flexibility index (Phi) is 4.06. The minimum atomic E-state index is -4.69. The fraction of sp³-hybridized carbons (Fsp3) is 0.438. The molecule has 0 saturated heterocycles. The third kappa shape index (κ3) is 2.67. The van der Waals surface area contributed by atoms with E-state index in [-0.39, 0.29) is 47.1 Å². The smallest absolute Gasteiger partial charge is 0.433 e. The minimum absolute atomic E-state index is 0.000994. The van der Waals surface area contributed by atoms with Gasteiger partial charge in [-0.2, -0.15) is 23.5 Å². The van der Waals surface area contributed by atoms with E-state index in [0.29, 0.717) is 12.8 Å². The molecule has 2 heterocycles. The Morgan fingerprint density at radius 1 is 1.48 bits per heavy atom. The molecule has 1 aliphatic heterocycles. The van der Waals surface area contributed by atoms with Crippen molar-refractivity contribution in [3.05, 3.63) is 40.2 Å². The van der Waals surface area contributed by atoms with Gasteiger partial charge in [0.2, 0.25) is 5.88 Å². The monoisotopic (exact) mass is 352 g/mol. The van der Waals surface area contributed by atoms with Gasteiger partial charge in [0.05, 0.1) is 12.1 Å². The number of carbonyl (C=O) groups excluding carboxylic acids is 1. The van der Waals surface area contributed by atoms with Crippen molar-refractivity contribution in [1.29, 1.82) is 5.26 Å². The topological polar surface area (TPSA) is 93.9 Å². The normalized spacial score (nSPS) is 21.1. The summed E-state index contributed by atoms with van der Waals surface area (Å²) < 4.78 is 47.0. The highest BCUT2D eigenvalue weighted by Gasteiger charge is 2.45. The summed E-state index contributed by atoms with van der Waals surface area (Å²) in [5, 5.41) is 13.2. The van der Waals surface area contributed by atoms with Crippen molar-refractivity contribution in [3.63, 3.8) is 0 Å². The lowest BCUT2D eigenvalue weighted by molar-refractivity contribution is -0.145. The van der Waals surface area contributed by atoms with Gasteiger partial charge in [-0.05, 0) is 13.3 Å². The van der Waals surface area contributed by atoms with Crippen molar-refractivity contribution in [2.45, 2.75) is 44.8 Å². The van der Waals surface area contributed by atoms with Crippen LogP contribution in [0.15, 0.2) is 29.0 Å². The van der Waals surface area contributed by atoms with Crippen LogP contribution in [0, 0.1) is 11.3 Å². The lowest BCUT2D eigenvalue weighted by Crippen LogP contribution is -2.29. The summed E-state index contributed by atoms with van der Waals surface area (Å²) in [6, 6.07) is 1.80. The van der Waals surface area contributed by atoms with Crippen molar-refractivity contribution >= 4 is 5.78 Å². The summed E-state index contributed by atoms with van der Waals surface area (Å²) in [7, 11) is 0. The van der Waals surface area contributed by atoms with E-state index in [4.69, 9.17) is 10.5 Å². The van der Waals surface area contributed by atoms with Gasteiger partial charge >= 0.3 is 6.18 Å². The van der Waals surface area contributed by atoms with Crippen molar-refractivity contribution in [3.8, 4) is 6.07 Å². The zero-order valence-electron chi connectivity index (χ0n) is 13.4. The molecule has 3 rings (SSSR count). The van der Waals surface area contributed by atoms with Gasteiger partial charge in [0.25, 0.3) is 0 Å². The molecule has 2 N–H and O–H groups in total. The first-order valence-corrected chi connectivity index (χ1v) is 7.76. The van der Waals surface area contributed by atoms with Crippen LogP contribution in [-0.4, -0.2) is 15.6 Å². The third-order valence-electron chi connectivity index (χ3n) is 4.35. The number of aromatic nitrogens is 2. The molecule has 0 saturated carbocycles. The fourth-order valence-corrected chi connectivity index (χ4v) is 3.33. The second-order valence-corrected chi connectivity index (χ2v) is 5.80. The predicted molar refractivity (Wildman–Crippen MR) is 79.4 cm³/mol. The largest absolute Gasteiger partial charge is 0.444 e. The number of aryl methyl sites for hydroxylation is 1. The summed E-state index contributed by atoms with van der Waals surface area (Å²) in [6.45, 7) is 1.53. The zero-order chi connectivity index (χ0) is 18.4. The Morgan fingerprint density at radius 2 is 2.20 bits per heavy atom. The number of rotatable bonds is 2. The number of nitriles is 1. The first-order chi connectivity index (χ1) is 11.8. The Morgan fingerprint density at radius 3 is 2.80 bits per heavy atom. The Balaban J connectivity index is 2.27. The molecular formula is C16H15F3N4O2. The van der Waals surface area contributed by atoms with E-state index < -0.39 is 17.8 Å². The van der Waals surface area contributed by atoms with E-state index in [9.17, 15) is 23.2 Å². The van der Waals surface area contributed by atoms with Crippen LogP contribution in [0.5, 0.6) is 0 Å². The van der Waals surface area contributed by atoms with Crippen LogP contribution < -0.4 is 5.73 Å². The van der Waals surface area contributed by atoms with E-state index in [1.54, 1.807) is 6.07 Å². The van der Waals surface area contributed by atoms with E-state index in [2.05, 4.69) is 5.10 Å². The average molecular weight is 352 g/mol. The van der Waals surface area contributed by atoms with Crippen molar-refractivity contribution in [2.24, 2.45) is 5.73 Å². The van der Waals surface area contributed by atoms with Crippen LogP contribution in [0.2, 0.25) is 0 Å². The van der Waals surface area contributed by atoms with E-state index >= 15 is 0 Å². The number of Topliss-reactive ketones (excluding diaryl/α,β-unsaturated/α-hetero) is 1. The number of nitrogens with zero attached hydrogens (tertiary/aromatic N) is 3. The second kappa shape index (κ2) is 5.95. The highest BCUT2D eigenvalue weighted by Crippen LogP contribution is 2.46. The maximum absolute atomic E-state index is 13.6. The van der Waals surface area contributed by atoms with Crippen LogP contribution >= 0.6 is 0 Å². The standard InChI is InChI=1S/C16H15F3N4O2/c1-2-23-14(16(17,18)19)9(7-22-23)12-8(6-20)15(21)25-11-5-3-4-10(24)13(11)12/h7,12H,2-5,21H2,1H3/t12-/m1/s1. The Bertz CT molecular complexity index is 843. The molecule has 0 amide bonds. The molecule has 9 heteroatoms. The molecule has 6 nitrogen and oxygen atoms in total. The third-order valence-corrected chi connectivity index (χ3v) is 4.35. The minimum Gasteiger partial charge on any atom is -0.444 e. The molecule has 25 heavy (non-hydrogen) atoms. The molecule has 132 valence electrons. The number of hydrogen-bond acceptors (Lipinski definition) is 5. The Hall–Kier alpha value is -2.76. The SMILES string of the molecule is CCn1ncc([C@H]2C(C#N)=C(N)OC3=C2C(=O)CCC3)c1C(F)(F)F. The summed E-state index contributed by atoms with van der Waals surface area (Å²) in [6.07, 6.45) is -2.52. The zero-order valence-corrected chi connectivity index (χ0v) is 13.4. The molecule has 2 aliphatic rings. The number of allylic oxidation sites excluding steroid dienone is 3. The van der Waals surface area contributed by atoms with Crippen LogP contribution in [0.4, 0.5) is 13.2 Å². The van der Waals surface area contributed by atoms with E-state index in [0.717, 1.165) is 10.9 Å². The summed E-state index contributed by atoms with van der Waals surface area (Å²) in [4.78, 5) is 12.4. The van der Waals surface area contributed by atoms with Crippen LogP contribution in [0.3, 0.4) is 0 Å². The Labute approximate surface area is 141 Å². The van der Waals surface area contributed by atoms with Gasteiger partial charge in [-0.25, -0.2) is 0 Å². The number of ketones is 1. The predicted octanol–water partition coefficient (Wildman–Crippen LogP) is 2.74. The molecule has 0 spiro atoms. The molecule has 1 atom stereocenters. The van der Waals surface area contributed by atoms with Gasteiger partial charge in [0, 0.05) is 30.5 Å². The van der Waals surface area contributed by atoms with Gasteiger partial charge in [0.1, 0.15) is 23.1 Å². The molecule has 1 aromatic heterocycles. The highest BCUT2D eigenvalue weighted by molar-refractivity contribution is 5.99. The number of carbonyl (C=O) groups is 1. The summed E-state index contributed by atoms with van der Waals surface area (Å²) >= 11 is 0. The first kappa shape index (κ1) is 17.1.